The third-order valence-electron chi connectivity index (χ3n) is 3.66. The van der Waals surface area contributed by atoms with Crippen LogP contribution in [0.2, 0.25) is 0 Å². The second-order valence-corrected chi connectivity index (χ2v) is 7.15. The van der Waals surface area contributed by atoms with E-state index in [9.17, 15) is 12.8 Å². The van der Waals surface area contributed by atoms with Crippen LogP contribution in [0.3, 0.4) is 0 Å². The minimum Gasteiger partial charge on any atom is -0.411 e. The molecule has 3 aromatic rings. The van der Waals surface area contributed by atoms with Crippen LogP contribution in [0.5, 0.6) is 0 Å². The zero-order chi connectivity index (χ0) is 17.5. The highest BCUT2D eigenvalue weighted by Gasteiger charge is 2.21. The van der Waals surface area contributed by atoms with Crippen molar-refractivity contribution < 1.29 is 18.0 Å². The third kappa shape index (κ3) is 2.54. The Kier molecular flexibility index (Phi) is 3.84. The molecule has 6 nitrogen and oxygen atoms in total. The lowest BCUT2D eigenvalue weighted by atomic mass is 10.2. The Labute approximate surface area is 137 Å². The minimum absolute atomic E-state index is 0.00328. The van der Waals surface area contributed by atoms with E-state index in [1.165, 1.54) is 31.3 Å². The topological polar surface area (TPSA) is 84.6 Å². The Balaban J connectivity index is 2.21. The van der Waals surface area contributed by atoms with Crippen molar-refractivity contribution in [2.45, 2.75) is 18.7 Å². The van der Waals surface area contributed by atoms with Gasteiger partial charge in [0.2, 0.25) is 0 Å². The number of aryl methyl sites for hydroxylation is 1. The van der Waals surface area contributed by atoms with Gasteiger partial charge in [0.15, 0.2) is 5.82 Å². The maximum Gasteiger partial charge on any atom is 0.268 e. The summed E-state index contributed by atoms with van der Waals surface area (Å²) in [6.07, 6.45) is 1.32. The molecule has 0 unspecified atom stereocenters. The molecule has 1 N–H and O–H groups in total. The second-order valence-electron chi connectivity index (χ2n) is 5.34. The summed E-state index contributed by atoms with van der Waals surface area (Å²) in [6, 6.07) is 8.91. The first-order valence-corrected chi connectivity index (χ1v) is 8.47. The second kappa shape index (κ2) is 5.72. The van der Waals surface area contributed by atoms with E-state index in [0.29, 0.717) is 0 Å². The SMILES string of the molecule is CC(=NO)c1nc2ccn(S(=O)(=O)c3ccc(C)cc3)c2cc1F. The van der Waals surface area contributed by atoms with E-state index >= 15 is 0 Å². The maximum atomic E-state index is 14.2. The first-order valence-electron chi connectivity index (χ1n) is 7.03. The van der Waals surface area contributed by atoms with Gasteiger partial charge in [0.25, 0.3) is 10.0 Å². The number of fused-ring (bicyclic) bond motifs is 1. The lowest BCUT2D eigenvalue weighted by Crippen LogP contribution is -2.12. The first-order chi connectivity index (χ1) is 11.3. The van der Waals surface area contributed by atoms with E-state index in [1.54, 1.807) is 12.1 Å². The Morgan fingerprint density at radius 2 is 1.92 bits per heavy atom. The molecule has 0 bridgehead atoms. The number of rotatable bonds is 3. The molecule has 0 aliphatic heterocycles. The molecule has 3 rings (SSSR count). The van der Waals surface area contributed by atoms with Crippen LogP contribution in [-0.4, -0.2) is 28.3 Å². The molecule has 0 aliphatic carbocycles. The van der Waals surface area contributed by atoms with E-state index in [2.05, 4.69) is 10.1 Å². The number of oxime groups is 1. The minimum atomic E-state index is -3.86. The van der Waals surface area contributed by atoms with Gasteiger partial charge >= 0.3 is 0 Å². The van der Waals surface area contributed by atoms with Gasteiger partial charge in [0, 0.05) is 12.3 Å². The van der Waals surface area contributed by atoms with Gasteiger partial charge in [-0.05, 0) is 32.0 Å². The molecule has 0 spiro atoms. The standard InChI is InChI=1S/C16H14FN3O3S/c1-10-3-5-12(6-4-10)24(22,23)20-8-7-14-15(20)9-13(17)16(18-14)11(2)19-21/h3-9,21H,1-2H3. The Hall–Kier alpha value is -2.74. The number of aromatic nitrogens is 2. The highest BCUT2D eigenvalue weighted by atomic mass is 32.2. The van der Waals surface area contributed by atoms with Crippen molar-refractivity contribution >= 4 is 26.8 Å². The molecular weight excluding hydrogens is 333 g/mol. The summed E-state index contributed by atoms with van der Waals surface area (Å²) in [5.74, 6) is -0.767. The lowest BCUT2D eigenvalue weighted by molar-refractivity contribution is 0.318. The van der Waals surface area contributed by atoms with Crippen LogP contribution in [0.25, 0.3) is 11.0 Å². The van der Waals surface area contributed by atoms with Gasteiger partial charge in [0.1, 0.15) is 11.4 Å². The average Bonchev–Trinajstić information content (AvgIpc) is 2.97. The lowest BCUT2D eigenvalue weighted by Gasteiger charge is -2.08. The van der Waals surface area contributed by atoms with Crippen LogP contribution in [0.15, 0.2) is 52.6 Å². The molecule has 0 amide bonds. The average molecular weight is 347 g/mol. The molecule has 2 heterocycles. The highest BCUT2D eigenvalue weighted by Crippen LogP contribution is 2.23. The van der Waals surface area contributed by atoms with Crippen LogP contribution in [0.1, 0.15) is 18.2 Å². The van der Waals surface area contributed by atoms with E-state index in [1.807, 2.05) is 6.92 Å². The summed E-state index contributed by atoms with van der Waals surface area (Å²) >= 11 is 0. The van der Waals surface area contributed by atoms with E-state index in [-0.39, 0.29) is 27.3 Å². The predicted molar refractivity (Wildman–Crippen MR) is 87.5 cm³/mol. The quantitative estimate of drug-likeness (QED) is 0.448. The van der Waals surface area contributed by atoms with Crippen molar-refractivity contribution in [3.05, 3.63) is 59.7 Å². The van der Waals surface area contributed by atoms with Crippen LogP contribution >= 0.6 is 0 Å². The molecule has 2 aromatic heterocycles. The van der Waals surface area contributed by atoms with Gasteiger partial charge in [-0.2, -0.15) is 0 Å². The molecular formula is C16H14FN3O3S. The predicted octanol–water partition coefficient (Wildman–Crippen LogP) is 2.92. The van der Waals surface area contributed by atoms with Gasteiger partial charge in [0.05, 0.1) is 15.9 Å². The normalized spacial score (nSPS) is 12.7. The number of hydrogen-bond donors (Lipinski definition) is 1. The summed E-state index contributed by atoms with van der Waals surface area (Å²) in [5.41, 5.74) is 1.20. The number of benzene rings is 1. The number of halogens is 1. The molecule has 0 saturated carbocycles. The van der Waals surface area contributed by atoms with Crippen LogP contribution in [-0.2, 0) is 10.0 Å². The van der Waals surface area contributed by atoms with Crippen molar-refractivity contribution in [1.82, 2.24) is 8.96 Å². The Morgan fingerprint density at radius 3 is 2.54 bits per heavy atom. The molecule has 0 atom stereocenters. The molecule has 0 saturated heterocycles. The van der Waals surface area contributed by atoms with Gasteiger partial charge < -0.3 is 5.21 Å². The summed E-state index contributed by atoms with van der Waals surface area (Å²) < 4.78 is 40.7. The van der Waals surface area contributed by atoms with Crippen LogP contribution < -0.4 is 0 Å². The van der Waals surface area contributed by atoms with E-state index in [0.717, 1.165) is 15.6 Å². The van der Waals surface area contributed by atoms with Gasteiger partial charge in [-0.1, -0.05) is 22.9 Å². The maximum absolute atomic E-state index is 14.2. The van der Waals surface area contributed by atoms with Crippen molar-refractivity contribution in [3.63, 3.8) is 0 Å². The molecule has 1 aromatic carbocycles. The van der Waals surface area contributed by atoms with E-state index in [4.69, 9.17) is 5.21 Å². The van der Waals surface area contributed by atoms with Crippen molar-refractivity contribution in [1.29, 1.82) is 0 Å². The fourth-order valence-electron chi connectivity index (χ4n) is 2.35. The van der Waals surface area contributed by atoms with Crippen molar-refractivity contribution in [3.8, 4) is 0 Å². The number of pyridine rings is 1. The summed E-state index contributed by atoms with van der Waals surface area (Å²) in [5, 5.41) is 11.7. The summed E-state index contributed by atoms with van der Waals surface area (Å²) in [6.45, 7) is 3.25. The Morgan fingerprint density at radius 1 is 1.25 bits per heavy atom. The monoisotopic (exact) mass is 347 g/mol. The largest absolute Gasteiger partial charge is 0.411 e. The molecule has 8 heteroatoms. The Bertz CT molecular complexity index is 1050. The first kappa shape index (κ1) is 16.1. The summed E-state index contributed by atoms with van der Waals surface area (Å²) in [7, 11) is -3.86. The van der Waals surface area contributed by atoms with Crippen molar-refractivity contribution in [2.24, 2.45) is 5.16 Å². The molecule has 24 heavy (non-hydrogen) atoms. The highest BCUT2D eigenvalue weighted by molar-refractivity contribution is 7.90. The van der Waals surface area contributed by atoms with Gasteiger partial charge in [-0.25, -0.2) is 21.8 Å². The van der Waals surface area contributed by atoms with Crippen molar-refractivity contribution in [2.75, 3.05) is 0 Å². The molecule has 0 radical (unpaired) electrons. The molecule has 0 aliphatic rings. The number of nitrogens with zero attached hydrogens (tertiary/aromatic N) is 3. The fraction of sp³-hybridized carbons (Fsp3) is 0.125. The van der Waals surface area contributed by atoms with Crippen LogP contribution in [0, 0.1) is 12.7 Å². The van der Waals surface area contributed by atoms with E-state index < -0.39 is 15.8 Å². The number of hydrogen-bond acceptors (Lipinski definition) is 5. The van der Waals surface area contributed by atoms with Gasteiger partial charge in [-0.3, -0.25) is 0 Å². The third-order valence-corrected chi connectivity index (χ3v) is 5.36. The van der Waals surface area contributed by atoms with Gasteiger partial charge in [-0.15, -0.1) is 0 Å². The zero-order valence-corrected chi connectivity index (χ0v) is 13.7. The molecule has 0 fully saturated rings. The van der Waals surface area contributed by atoms with Crippen LogP contribution in [0.4, 0.5) is 4.39 Å². The zero-order valence-electron chi connectivity index (χ0n) is 12.9. The summed E-state index contributed by atoms with van der Waals surface area (Å²) in [4.78, 5) is 4.14. The molecule has 124 valence electrons. The smallest absolute Gasteiger partial charge is 0.268 e. The fourth-order valence-corrected chi connectivity index (χ4v) is 3.68.